The molecule has 0 aliphatic carbocycles. The molecule has 0 saturated carbocycles. The molecule has 7 rings (SSSR count). The molecule has 19 nitrogen and oxygen atoms in total. The van der Waals surface area contributed by atoms with Gasteiger partial charge in [-0.05, 0) is 102 Å². The maximum atomic E-state index is 15.6. The number of benzene rings is 3. The van der Waals surface area contributed by atoms with Gasteiger partial charge < -0.3 is 37.3 Å². The highest BCUT2D eigenvalue weighted by molar-refractivity contribution is 7.59. The zero-order chi connectivity index (χ0) is 54.0. The quantitative estimate of drug-likeness (QED) is 0.0318. The van der Waals surface area contributed by atoms with E-state index in [1.54, 1.807) is 35.0 Å². The Hall–Kier alpha value is -5.51. The molecule has 75 heavy (non-hydrogen) atoms. The van der Waals surface area contributed by atoms with E-state index in [-0.39, 0.29) is 69.9 Å². The Kier molecular flexibility index (Phi) is 19.5. The zero-order valence-corrected chi connectivity index (χ0v) is 45.9. The van der Waals surface area contributed by atoms with Crippen molar-refractivity contribution in [2.24, 2.45) is 5.92 Å². The fourth-order valence-electron chi connectivity index (χ4n) is 9.98. The number of hydrogen-bond donors (Lipinski definition) is 2. The summed E-state index contributed by atoms with van der Waals surface area (Å²) in [6.07, 6.45) is -0.227. The normalized spacial score (nSPS) is 21.1. The minimum absolute atomic E-state index is 0.00652. The highest BCUT2D eigenvalue weighted by Crippen LogP contribution is 2.55. The molecule has 5 aromatic rings. The van der Waals surface area contributed by atoms with Crippen LogP contribution >= 0.6 is 15.9 Å². The maximum absolute atomic E-state index is 15.6. The fourth-order valence-corrected chi connectivity index (χ4v) is 14.4. The van der Waals surface area contributed by atoms with Crippen LogP contribution in [0.15, 0.2) is 110 Å². The topological polar surface area (TPSA) is 228 Å². The zero-order valence-electron chi connectivity index (χ0n) is 44.1. The first-order valence-corrected chi connectivity index (χ1v) is 28.5. The van der Waals surface area contributed by atoms with E-state index >= 15 is 4.57 Å². The Morgan fingerprint density at radius 3 is 1.81 bits per heavy atom. The van der Waals surface area contributed by atoms with Crippen LogP contribution in [-0.4, -0.2) is 101 Å². The van der Waals surface area contributed by atoms with E-state index in [9.17, 15) is 24.4 Å². The average molecular weight is 1070 g/mol. The molecule has 2 N–H and O–H groups in total. The molecule has 2 aromatic heterocycles. The number of hydrogen-bond acceptors (Lipinski definition) is 15. The van der Waals surface area contributed by atoms with Gasteiger partial charge in [0.05, 0.1) is 64.8 Å². The second kappa shape index (κ2) is 25.6. The van der Waals surface area contributed by atoms with Gasteiger partial charge in [0.2, 0.25) is 7.37 Å². The Bertz CT molecular complexity index is 2960. The van der Waals surface area contributed by atoms with Gasteiger partial charge >= 0.3 is 11.4 Å². The molecule has 8 atom stereocenters. The van der Waals surface area contributed by atoms with Crippen LogP contribution in [0.4, 0.5) is 0 Å². The third-order valence-corrected chi connectivity index (χ3v) is 18.5. The van der Waals surface area contributed by atoms with Crippen molar-refractivity contribution in [2.45, 2.75) is 123 Å². The Morgan fingerprint density at radius 2 is 1.31 bits per heavy atom. The summed E-state index contributed by atoms with van der Waals surface area (Å²) in [5.74, 6) is 0.784. The molecule has 2 aliphatic rings. The minimum atomic E-state index is -3.64. The minimum Gasteiger partial charge on any atom is -0.497 e. The number of aromatic nitrogens is 4. The van der Waals surface area contributed by atoms with E-state index in [1.165, 1.54) is 21.5 Å². The maximum Gasteiger partial charge on any atom is 0.330 e. The van der Waals surface area contributed by atoms with Gasteiger partial charge in [0, 0.05) is 60.3 Å². The van der Waals surface area contributed by atoms with Crippen LogP contribution in [-0.2, 0) is 37.9 Å². The van der Waals surface area contributed by atoms with Crippen molar-refractivity contribution in [3.05, 3.63) is 161 Å². The lowest BCUT2D eigenvalue weighted by Gasteiger charge is -2.37. The third kappa shape index (κ3) is 13.4. The summed E-state index contributed by atoms with van der Waals surface area (Å²) < 4.78 is 71.9. The molecule has 0 spiro atoms. The predicted octanol–water partition coefficient (Wildman–Crippen LogP) is 8.29. The number of nitriles is 1. The van der Waals surface area contributed by atoms with Gasteiger partial charge in [-0.25, -0.2) is 14.3 Å². The highest BCUT2D eigenvalue weighted by Gasteiger charge is 2.47. The molecule has 404 valence electrons. The van der Waals surface area contributed by atoms with Gasteiger partial charge in [0.15, 0.2) is 0 Å². The van der Waals surface area contributed by atoms with Crippen LogP contribution in [0.1, 0.15) is 101 Å². The Labute approximate surface area is 438 Å². The second-order valence-electron chi connectivity index (χ2n) is 19.4. The number of methoxy groups -OCH3 is 2. The first-order valence-electron chi connectivity index (χ1n) is 25.3. The van der Waals surface area contributed by atoms with Crippen molar-refractivity contribution in [2.75, 3.05) is 46.4 Å². The summed E-state index contributed by atoms with van der Waals surface area (Å²) in [5.41, 5.74) is -0.552. The van der Waals surface area contributed by atoms with Crippen molar-refractivity contribution in [3.8, 4) is 17.6 Å². The van der Waals surface area contributed by atoms with Gasteiger partial charge in [0.25, 0.3) is 19.6 Å². The lowest BCUT2D eigenvalue weighted by atomic mass is 9.80. The van der Waals surface area contributed by atoms with E-state index in [2.05, 4.69) is 20.7 Å². The average Bonchev–Trinajstić information content (AvgIpc) is 3.99. The number of H-pyrrole nitrogens is 2. The summed E-state index contributed by atoms with van der Waals surface area (Å²) in [4.78, 5) is 56.6. The number of ether oxygens (including phenoxy) is 5. The Balaban J connectivity index is 1.25. The second-order valence-corrected chi connectivity index (χ2v) is 23.5. The lowest BCUT2D eigenvalue weighted by Crippen LogP contribution is -2.38. The molecule has 3 aromatic carbocycles. The van der Waals surface area contributed by atoms with Gasteiger partial charge in [-0.1, -0.05) is 54.6 Å². The van der Waals surface area contributed by atoms with Crippen molar-refractivity contribution >= 4 is 15.9 Å². The summed E-state index contributed by atoms with van der Waals surface area (Å²) in [5, 5.41) is 9.40. The van der Waals surface area contributed by atoms with Crippen LogP contribution < -0.4 is 32.0 Å². The monoisotopic (exact) mass is 1070 g/mol. The molecular weight excluding hydrogens is 1000 g/mol. The third-order valence-electron chi connectivity index (χ3n) is 13.6. The van der Waals surface area contributed by atoms with E-state index in [4.69, 9.17) is 37.3 Å². The highest BCUT2D eigenvalue weighted by atomic mass is 31.2. The first kappa shape index (κ1) is 57.2. The van der Waals surface area contributed by atoms with Crippen LogP contribution in [0.25, 0.3) is 0 Å². The summed E-state index contributed by atoms with van der Waals surface area (Å²) in [6.45, 7) is 13.3. The van der Waals surface area contributed by atoms with Gasteiger partial charge in [-0.15, -0.1) is 0 Å². The molecule has 2 saturated heterocycles. The summed E-state index contributed by atoms with van der Waals surface area (Å²) in [6, 6.07) is 27.2. The Morgan fingerprint density at radius 1 is 0.787 bits per heavy atom. The van der Waals surface area contributed by atoms with Crippen LogP contribution in [0.5, 0.6) is 11.5 Å². The molecule has 2 aliphatic heterocycles. The van der Waals surface area contributed by atoms with Crippen molar-refractivity contribution in [1.82, 2.24) is 23.8 Å². The summed E-state index contributed by atoms with van der Waals surface area (Å²) in [7, 11) is -2.20. The van der Waals surface area contributed by atoms with Gasteiger partial charge in [-0.3, -0.25) is 33.3 Å². The van der Waals surface area contributed by atoms with Crippen LogP contribution in [0, 0.1) is 31.1 Å². The van der Waals surface area contributed by atoms with Crippen molar-refractivity contribution in [1.29, 1.82) is 5.26 Å². The van der Waals surface area contributed by atoms with Gasteiger partial charge in [-0.2, -0.15) is 5.26 Å². The lowest BCUT2D eigenvalue weighted by molar-refractivity contribution is -0.0836. The van der Waals surface area contributed by atoms with Gasteiger partial charge in [0.1, 0.15) is 29.6 Å². The van der Waals surface area contributed by atoms with Crippen molar-refractivity contribution < 1.29 is 41.8 Å². The molecule has 1 unspecified atom stereocenters. The molecule has 4 heterocycles. The van der Waals surface area contributed by atoms with Crippen LogP contribution in [0.3, 0.4) is 0 Å². The molecule has 0 amide bonds. The predicted molar refractivity (Wildman–Crippen MR) is 285 cm³/mol. The molecule has 21 heteroatoms. The number of aryl methyl sites for hydroxylation is 2. The SMILES string of the molecule is CCO[P@@](=O)(CC[C@H]1O[C@@H](n2cc(C)c(=O)[nH]c2=O)C[C@@H]1OP(OCCC#N)N(C(C)C)C(C)C)C[C@H]1C[C@H](n2cc(C)c(=O)[nH]c2=O)O[C@@H]1COC(c1ccccc1)(c1ccc(OC)cc1)c1ccc(OC)cc1. The number of nitrogens with zero attached hydrogens (tertiary/aromatic N) is 4. The number of nitrogens with one attached hydrogen (secondary N) is 2. The van der Waals surface area contributed by atoms with E-state index < -0.39 is 80.7 Å². The molecular formula is C54H70N6O13P2. The first-order chi connectivity index (χ1) is 35.9. The van der Waals surface area contributed by atoms with E-state index in [1.807, 2.05) is 107 Å². The van der Waals surface area contributed by atoms with Crippen LogP contribution in [0.2, 0.25) is 0 Å². The fraction of sp³-hybridized carbons (Fsp3) is 0.500. The standard InChI is InChI=1S/C54H70N6O13P2/c1-10-70-75(65,28-25-45-46(30-49(71-45)59-32-38(7)51(62)57-53(59)64)73-74(69-27-14-26-55)60(35(2)3)36(4)5)34-39-29-48(58-31-37(6)50(61)56-52(58)63)72-47(39)33-68-54(40-15-12-11-13-16-40,41-17-21-43(66-8)22-18-41)42-19-23-44(67-9)24-20-42/h11-13,15-24,31-32,35-36,39,45-49H,10,14,25,27-30,33-34H2,1-9H3,(H,56,61,63)(H,57,62,64)/t39-,45-,46+,47-,48-,49-,74?,75+/m1/s1. The number of aromatic amines is 2. The van der Waals surface area contributed by atoms with E-state index in [0.717, 1.165) is 16.7 Å². The number of rotatable bonds is 25. The largest absolute Gasteiger partial charge is 0.497 e. The van der Waals surface area contributed by atoms with Crippen molar-refractivity contribution in [3.63, 3.8) is 0 Å². The summed E-state index contributed by atoms with van der Waals surface area (Å²) >= 11 is 0. The van der Waals surface area contributed by atoms with E-state index in [0.29, 0.717) is 22.6 Å². The molecule has 0 bridgehead atoms. The molecule has 0 radical (unpaired) electrons. The smallest absolute Gasteiger partial charge is 0.330 e. The molecule has 2 fully saturated rings.